The first-order valence-corrected chi connectivity index (χ1v) is 10.6. The zero-order chi connectivity index (χ0) is 20.6. The van der Waals surface area contributed by atoms with Crippen molar-refractivity contribution in [3.8, 4) is 0 Å². The van der Waals surface area contributed by atoms with E-state index in [0.717, 1.165) is 33.6 Å². The van der Waals surface area contributed by atoms with Crippen LogP contribution >= 0.6 is 11.3 Å². The molecule has 1 aliphatic rings. The van der Waals surface area contributed by atoms with Crippen molar-refractivity contribution in [1.29, 1.82) is 0 Å². The standard InChI is InChI=1S/C22H25FN4OS/c1-22(2,3)20-26-16(13-29-20)11-25-21(28)27-8-6-14(7-9-27)18-12-24-19-10-15(23)4-5-17(18)19/h4-6,10,12-13,24H,7-9,11H2,1-3H3,(H,25,28). The Balaban J connectivity index is 1.37. The molecule has 0 aliphatic carbocycles. The molecule has 3 aromatic rings. The number of carbonyl (C=O) groups is 1. The van der Waals surface area contributed by atoms with Gasteiger partial charge in [-0.05, 0) is 30.2 Å². The largest absolute Gasteiger partial charge is 0.360 e. The smallest absolute Gasteiger partial charge is 0.318 e. The number of hydrogen-bond donors (Lipinski definition) is 2. The molecule has 29 heavy (non-hydrogen) atoms. The Labute approximate surface area is 173 Å². The third kappa shape index (κ3) is 4.19. The number of amides is 2. The number of aromatic amines is 1. The van der Waals surface area contributed by atoms with Crippen molar-refractivity contribution in [3.63, 3.8) is 0 Å². The summed E-state index contributed by atoms with van der Waals surface area (Å²) in [6.45, 7) is 8.05. The Bertz CT molecular complexity index is 1080. The van der Waals surface area contributed by atoms with Crippen LogP contribution in [0.3, 0.4) is 0 Å². The molecule has 0 unspecified atom stereocenters. The van der Waals surface area contributed by atoms with Gasteiger partial charge in [-0.3, -0.25) is 0 Å². The predicted molar refractivity (Wildman–Crippen MR) is 115 cm³/mol. The highest BCUT2D eigenvalue weighted by molar-refractivity contribution is 7.09. The van der Waals surface area contributed by atoms with E-state index >= 15 is 0 Å². The highest BCUT2D eigenvalue weighted by atomic mass is 32.1. The van der Waals surface area contributed by atoms with E-state index in [1.807, 2.05) is 11.6 Å². The average molecular weight is 413 g/mol. The number of thiazole rings is 1. The first-order chi connectivity index (χ1) is 13.8. The number of nitrogens with zero attached hydrogens (tertiary/aromatic N) is 2. The number of benzene rings is 1. The van der Waals surface area contributed by atoms with Gasteiger partial charge in [0.2, 0.25) is 0 Å². The van der Waals surface area contributed by atoms with Crippen molar-refractivity contribution >= 4 is 33.8 Å². The van der Waals surface area contributed by atoms with Crippen LogP contribution in [0.4, 0.5) is 9.18 Å². The molecule has 152 valence electrons. The molecule has 0 fully saturated rings. The highest BCUT2D eigenvalue weighted by Gasteiger charge is 2.21. The summed E-state index contributed by atoms with van der Waals surface area (Å²) in [5.41, 5.74) is 3.97. The van der Waals surface area contributed by atoms with Crippen molar-refractivity contribution in [2.24, 2.45) is 0 Å². The van der Waals surface area contributed by atoms with Gasteiger partial charge in [-0.2, -0.15) is 0 Å². The van der Waals surface area contributed by atoms with Crippen LogP contribution in [0, 0.1) is 5.82 Å². The number of H-pyrrole nitrogens is 1. The molecule has 0 saturated heterocycles. The second-order valence-electron chi connectivity index (χ2n) is 8.37. The zero-order valence-corrected chi connectivity index (χ0v) is 17.7. The summed E-state index contributed by atoms with van der Waals surface area (Å²) >= 11 is 1.63. The molecule has 0 radical (unpaired) electrons. The first-order valence-electron chi connectivity index (χ1n) is 9.75. The number of carbonyl (C=O) groups excluding carboxylic acids is 1. The van der Waals surface area contributed by atoms with E-state index in [1.54, 1.807) is 22.3 Å². The molecule has 2 N–H and O–H groups in total. The molecular formula is C22H25FN4OS. The monoisotopic (exact) mass is 412 g/mol. The lowest BCUT2D eigenvalue weighted by molar-refractivity contribution is 0.202. The Kier molecular flexibility index (Phi) is 5.17. The van der Waals surface area contributed by atoms with Crippen LogP contribution in [0.25, 0.3) is 16.5 Å². The molecule has 0 atom stereocenters. The maximum absolute atomic E-state index is 13.4. The first kappa shape index (κ1) is 19.6. The predicted octanol–water partition coefficient (Wildman–Crippen LogP) is 5.06. The zero-order valence-electron chi connectivity index (χ0n) is 16.9. The third-order valence-electron chi connectivity index (χ3n) is 5.10. The van der Waals surface area contributed by atoms with Crippen molar-refractivity contribution in [2.45, 2.75) is 39.2 Å². The molecule has 5 nitrogen and oxygen atoms in total. The number of urea groups is 1. The Hall–Kier alpha value is -2.67. The van der Waals surface area contributed by atoms with Crippen molar-refractivity contribution < 1.29 is 9.18 Å². The van der Waals surface area contributed by atoms with Gasteiger partial charge in [0.15, 0.2) is 0 Å². The molecule has 2 aromatic heterocycles. The van der Waals surface area contributed by atoms with Gasteiger partial charge in [0.1, 0.15) is 5.82 Å². The van der Waals surface area contributed by atoms with Gasteiger partial charge in [-0.25, -0.2) is 14.2 Å². The lowest BCUT2D eigenvalue weighted by Gasteiger charge is -2.26. The number of aromatic nitrogens is 2. The summed E-state index contributed by atoms with van der Waals surface area (Å²) in [5, 5.41) is 7.06. The topological polar surface area (TPSA) is 61.0 Å². The Morgan fingerprint density at radius 3 is 2.90 bits per heavy atom. The molecule has 1 aromatic carbocycles. The molecular weight excluding hydrogens is 387 g/mol. The molecule has 0 spiro atoms. The Morgan fingerprint density at radius 1 is 1.38 bits per heavy atom. The van der Waals surface area contributed by atoms with Crippen molar-refractivity contribution in [2.75, 3.05) is 13.1 Å². The van der Waals surface area contributed by atoms with Gasteiger partial charge in [-0.1, -0.05) is 26.8 Å². The van der Waals surface area contributed by atoms with E-state index in [4.69, 9.17) is 0 Å². The molecule has 7 heteroatoms. The summed E-state index contributed by atoms with van der Waals surface area (Å²) in [6, 6.07) is 4.71. The molecule has 4 rings (SSSR count). The molecule has 0 saturated carbocycles. The van der Waals surface area contributed by atoms with Gasteiger partial charge in [-0.15, -0.1) is 11.3 Å². The van der Waals surface area contributed by atoms with Gasteiger partial charge in [0.05, 0.1) is 17.2 Å². The van der Waals surface area contributed by atoms with Crippen molar-refractivity contribution in [1.82, 2.24) is 20.2 Å². The van der Waals surface area contributed by atoms with E-state index < -0.39 is 0 Å². The highest BCUT2D eigenvalue weighted by Crippen LogP contribution is 2.30. The quantitative estimate of drug-likeness (QED) is 0.632. The van der Waals surface area contributed by atoms with Crippen LogP contribution in [0.2, 0.25) is 0 Å². The maximum Gasteiger partial charge on any atom is 0.318 e. The van der Waals surface area contributed by atoms with Crippen LogP contribution in [0.5, 0.6) is 0 Å². The Morgan fingerprint density at radius 2 is 2.21 bits per heavy atom. The van der Waals surface area contributed by atoms with Gasteiger partial charge in [0.25, 0.3) is 0 Å². The van der Waals surface area contributed by atoms with E-state index in [1.165, 1.54) is 17.7 Å². The summed E-state index contributed by atoms with van der Waals surface area (Å²) in [5.74, 6) is -0.249. The van der Waals surface area contributed by atoms with E-state index in [0.29, 0.717) is 19.6 Å². The number of fused-ring (bicyclic) bond motifs is 1. The van der Waals surface area contributed by atoms with E-state index in [2.05, 4.69) is 42.1 Å². The number of nitrogens with one attached hydrogen (secondary N) is 2. The lowest BCUT2D eigenvalue weighted by atomic mass is 9.98. The SMILES string of the molecule is CC(C)(C)c1nc(CNC(=O)N2CC=C(c3c[nH]c4cc(F)ccc34)CC2)cs1. The number of rotatable bonds is 3. The van der Waals surface area contributed by atoms with Crippen LogP contribution in [0.15, 0.2) is 35.9 Å². The second kappa shape index (κ2) is 7.63. The molecule has 3 heterocycles. The number of halogens is 1. The minimum atomic E-state index is -0.249. The van der Waals surface area contributed by atoms with Crippen LogP contribution in [-0.2, 0) is 12.0 Å². The summed E-state index contributed by atoms with van der Waals surface area (Å²) in [7, 11) is 0. The lowest BCUT2D eigenvalue weighted by Crippen LogP contribution is -2.41. The minimum absolute atomic E-state index is 0.0230. The fraction of sp³-hybridized carbons (Fsp3) is 0.364. The van der Waals surface area contributed by atoms with Crippen LogP contribution < -0.4 is 5.32 Å². The number of hydrogen-bond acceptors (Lipinski definition) is 3. The van der Waals surface area contributed by atoms with Gasteiger partial charge >= 0.3 is 6.03 Å². The minimum Gasteiger partial charge on any atom is -0.360 e. The fourth-order valence-corrected chi connectivity index (χ4v) is 4.38. The molecule has 2 amide bonds. The van der Waals surface area contributed by atoms with Crippen LogP contribution in [-0.4, -0.2) is 34.0 Å². The summed E-state index contributed by atoms with van der Waals surface area (Å²) in [6.07, 6.45) is 4.76. The third-order valence-corrected chi connectivity index (χ3v) is 6.42. The fourth-order valence-electron chi connectivity index (χ4n) is 3.47. The maximum atomic E-state index is 13.4. The average Bonchev–Trinajstić information content (AvgIpc) is 3.33. The van der Waals surface area contributed by atoms with Crippen LogP contribution in [0.1, 0.15) is 43.5 Å². The van der Waals surface area contributed by atoms with Crippen molar-refractivity contribution in [3.05, 3.63) is 57.9 Å². The molecule has 1 aliphatic heterocycles. The summed E-state index contributed by atoms with van der Waals surface area (Å²) in [4.78, 5) is 22.1. The normalized spacial score (nSPS) is 14.9. The summed E-state index contributed by atoms with van der Waals surface area (Å²) < 4.78 is 13.4. The van der Waals surface area contributed by atoms with Gasteiger partial charge < -0.3 is 15.2 Å². The van der Waals surface area contributed by atoms with Gasteiger partial charge in [0, 0.05) is 46.5 Å². The second-order valence-corrected chi connectivity index (χ2v) is 9.23. The van der Waals surface area contributed by atoms with E-state index in [-0.39, 0.29) is 17.3 Å². The van der Waals surface area contributed by atoms with E-state index in [9.17, 15) is 9.18 Å². The molecule has 0 bridgehead atoms.